The van der Waals surface area contributed by atoms with Crippen LogP contribution in [0.1, 0.15) is 58.5 Å². The molecule has 2 aromatic carbocycles. The van der Waals surface area contributed by atoms with Crippen LogP contribution in [0.3, 0.4) is 0 Å². The maximum absolute atomic E-state index is 14.9. The highest BCUT2D eigenvalue weighted by molar-refractivity contribution is 6.09. The number of anilines is 4. The van der Waals surface area contributed by atoms with Crippen molar-refractivity contribution in [1.82, 2.24) is 14.8 Å². The van der Waals surface area contributed by atoms with Gasteiger partial charge in [0.25, 0.3) is 17.4 Å². The summed E-state index contributed by atoms with van der Waals surface area (Å²) >= 11 is 0. The van der Waals surface area contributed by atoms with E-state index in [0.29, 0.717) is 17.5 Å². The number of aryl methyl sites for hydroxylation is 1. The van der Waals surface area contributed by atoms with Gasteiger partial charge in [0.2, 0.25) is 6.41 Å². The quantitative estimate of drug-likeness (QED) is 0.310. The molecule has 0 aliphatic heterocycles. The van der Waals surface area contributed by atoms with Gasteiger partial charge in [0.05, 0.1) is 18.0 Å². The zero-order valence-corrected chi connectivity index (χ0v) is 24.8. The van der Waals surface area contributed by atoms with Crippen LogP contribution in [0.25, 0.3) is 0 Å². The number of nitrogens with one attached hydrogen (secondary N) is 2. The van der Waals surface area contributed by atoms with Crippen molar-refractivity contribution in [1.29, 1.82) is 0 Å². The number of halogens is 1. The topological polar surface area (TPSA) is 124 Å². The lowest BCUT2D eigenvalue weighted by atomic mass is 10.0. The molecule has 0 unspecified atom stereocenters. The molecular weight excluding hydrogens is 541 g/mol. The number of pyridine rings is 1. The van der Waals surface area contributed by atoms with Crippen molar-refractivity contribution < 1.29 is 23.9 Å². The van der Waals surface area contributed by atoms with Crippen molar-refractivity contribution in [2.45, 2.75) is 46.6 Å². The minimum absolute atomic E-state index is 0.0191. The van der Waals surface area contributed by atoms with Crippen molar-refractivity contribution in [2.75, 3.05) is 30.4 Å². The first-order valence-electron chi connectivity index (χ1n) is 13.9. The normalized spacial score (nSPS) is 12.1. The molecule has 1 aromatic heterocycles. The van der Waals surface area contributed by atoms with Gasteiger partial charge in [0.15, 0.2) is 0 Å². The first kappa shape index (κ1) is 32.0. The summed E-state index contributed by atoms with van der Waals surface area (Å²) in [6.07, 6.45) is 2.27. The fraction of sp³-hybridized carbons (Fsp3) is 0.355. The zero-order valence-electron chi connectivity index (χ0n) is 24.8. The Morgan fingerprint density at radius 3 is 2.43 bits per heavy atom. The third-order valence-corrected chi connectivity index (χ3v) is 6.81. The van der Waals surface area contributed by atoms with Crippen molar-refractivity contribution in [3.05, 3.63) is 80.9 Å². The molecule has 3 N–H and O–H groups in total. The summed E-state index contributed by atoms with van der Waals surface area (Å²) in [4.78, 5) is 55.0. The second kappa shape index (κ2) is 13.9. The van der Waals surface area contributed by atoms with E-state index in [1.165, 1.54) is 48.7 Å². The average Bonchev–Trinajstić information content (AvgIpc) is 3.80. The number of carbonyl (C=O) groups is 3. The molecule has 10 nitrogen and oxygen atoms in total. The Morgan fingerprint density at radius 2 is 1.83 bits per heavy atom. The van der Waals surface area contributed by atoms with Crippen LogP contribution in [-0.2, 0) is 11.8 Å². The number of amides is 3. The minimum Gasteiger partial charge on any atom is -0.395 e. The maximum atomic E-state index is 14.9. The Morgan fingerprint density at radius 1 is 1.14 bits per heavy atom. The van der Waals surface area contributed by atoms with Crippen LogP contribution in [0.15, 0.2) is 47.3 Å². The van der Waals surface area contributed by atoms with E-state index < -0.39 is 17.3 Å². The number of rotatable bonds is 10. The van der Waals surface area contributed by atoms with Crippen LogP contribution in [0.2, 0.25) is 0 Å². The summed E-state index contributed by atoms with van der Waals surface area (Å²) in [5, 5.41) is 15.3. The Kier molecular flexibility index (Phi) is 10.6. The lowest BCUT2D eigenvalue weighted by Crippen LogP contribution is -2.36. The van der Waals surface area contributed by atoms with Crippen molar-refractivity contribution in [2.24, 2.45) is 7.05 Å². The molecule has 1 aliphatic rings. The van der Waals surface area contributed by atoms with Gasteiger partial charge in [-0.15, -0.1) is 0 Å². The van der Waals surface area contributed by atoms with Gasteiger partial charge in [-0.05, 0) is 62.6 Å². The van der Waals surface area contributed by atoms with Crippen molar-refractivity contribution in [3.8, 4) is 0 Å². The van der Waals surface area contributed by atoms with Crippen LogP contribution in [-0.4, -0.2) is 59.0 Å². The number of hydrogen-bond acceptors (Lipinski definition) is 6. The third kappa shape index (κ3) is 6.85. The highest BCUT2D eigenvalue weighted by Crippen LogP contribution is 2.36. The van der Waals surface area contributed by atoms with Gasteiger partial charge in [0, 0.05) is 43.5 Å². The molecule has 0 saturated heterocycles. The Balaban J connectivity index is 0.00000237. The van der Waals surface area contributed by atoms with Gasteiger partial charge < -0.3 is 20.6 Å². The third-order valence-electron chi connectivity index (χ3n) is 6.81. The SMILES string of the molecule is CC.Cc1ccc(Nc2c(C(=O)N(C)CCO)c(N(C=O)c3cccc(C(=O)NC4CC4)c3)c(C)c(=O)n2C)c(F)c1. The monoisotopic (exact) mass is 579 g/mol. The van der Waals surface area contributed by atoms with E-state index in [1.54, 1.807) is 31.2 Å². The minimum atomic E-state index is -0.618. The van der Waals surface area contributed by atoms with Crippen LogP contribution >= 0.6 is 0 Å². The van der Waals surface area contributed by atoms with Crippen LogP contribution in [0.4, 0.5) is 27.3 Å². The molecule has 42 heavy (non-hydrogen) atoms. The standard InChI is InChI=1S/C29H32FN5O5.C2H6/c1-17-8-11-23(22(30)14-17)32-26-24(29(40)33(3)12-13-36)25(18(2)28(39)34(26)4)35(16-37)21-7-5-6-19(15-21)27(38)31-20-9-10-20;1-2/h5-8,11,14-16,20,32,36H,9-10,12-13H2,1-4H3,(H,31,38);1-2H3. The fourth-order valence-electron chi connectivity index (χ4n) is 4.40. The maximum Gasteiger partial charge on any atom is 0.259 e. The Labute approximate surface area is 244 Å². The predicted octanol–water partition coefficient (Wildman–Crippen LogP) is 4.16. The van der Waals surface area contributed by atoms with E-state index >= 15 is 0 Å². The van der Waals surface area contributed by atoms with Crippen molar-refractivity contribution >= 4 is 41.1 Å². The number of hydrogen-bond donors (Lipinski definition) is 3. The highest BCUT2D eigenvalue weighted by Gasteiger charge is 2.31. The molecule has 1 fully saturated rings. The molecule has 0 radical (unpaired) electrons. The smallest absolute Gasteiger partial charge is 0.259 e. The molecule has 224 valence electrons. The fourth-order valence-corrected chi connectivity index (χ4v) is 4.40. The van der Waals surface area contributed by atoms with E-state index in [2.05, 4.69) is 10.6 Å². The van der Waals surface area contributed by atoms with Crippen LogP contribution in [0.5, 0.6) is 0 Å². The van der Waals surface area contributed by atoms with Gasteiger partial charge >= 0.3 is 0 Å². The molecule has 3 amide bonds. The average molecular weight is 580 g/mol. The number of aromatic nitrogens is 1. The largest absolute Gasteiger partial charge is 0.395 e. The second-order valence-corrected chi connectivity index (χ2v) is 9.89. The van der Waals surface area contributed by atoms with E-state index in [4.69, 9.17) is 0 Å². The summed E-state index contributed by atoms with van der Waals surface area (Å²) in [7, 11) is 2.90. The highest BCUT2D eigenvalue weighted by atomic mass is 19.1. The summed E-state index contributed by atoms with van der Waals surface area (Å²) < 4.78 is 16.1. The molecule has 4 rings (SSSR count). The number of benzene rings is 2. The van der Waals surface area contributed by atoms with E-state index in [1.807, 2.05) is 13.8 Å². The molecule has 0 atom stereocenters. The van der Waals surface area contributed by atoms with Crippen LogP contribution < -0.4 is 21.1 Å². The lowest BCUT2D eigenvalue weighted by Gasteiger charge is -2.28. The van der Waals surface area contributed by atoms with E-state index in [-0.39, 0.29) is 59.1 Å². The molecule has 1 saturated carbocycles. The molecule has 3 aromatic rings. The summed E-state index contributed by atoms with van der Waals surface area (Å²) in [6, 6.07) is 10.9. The van der Waals surface area contributed by atoms with Gasteiger partial charge in [0.1, 0.15) is 17.2 Å². The van der Waals surface area contributed by atoms with E-state index in [9.17, 15) is 28.7 Å². The van der Waals surface area contributed by atoms with Crippen LogP contribution in [0, 0.1) is 19.7 Å². The first-order chi connectivity index (χ1) is 20.1. The second-order valence-electron chi connectivity index (χ2n) is 9.89. The van der Waals surface area contributed by atoms with E-state index in [0.717, 1.165) is 17.7 Å². The first-order valence-corrected chi connectivity index (χ1v) is 13.9. The molecule has 1 aliphatic carbocycles. The number of aliphatic hydroxyl groups excluding tert-OH is 1. The summed E-state index contributed by atoms with van der Waals surface area (Å²) in [6.45, 7) is 6.85. The Bertz CT molecular complexity index is 1530. The molecule has 0 bridgehead atoms. The van der Waals surface area contributed by atoms with Gasteiger partial charge in [-0.25, -0.2) is 4.39 Å². The van der Waals surface area contributed by atoms with Gasteiger partial charge in [-0.1, -0.05) is 26.0 Å². The molecule has 11 heteroatoms. The van der Waals surface area contributed by atoms with Crippen molar-refractivity contribution in [3.63, 3.8) is 0 Å². The number of nitrogens with zero attached hydrogens (tertiary/aromatic N) is 3. The summed E-state index contributed by atoms with van der Waals surface area (Å²) in [5.74, 6) is -1.56. The molecule has 0 spiro atoms. The predicted molar refractivity (Wildman–Crippen MR) is 161 cm³/mol. The lowest BCUT2D eigenvalue weighted by molar-refractivity contribution is -0.106. The Hall–Kier alpha value is -4.51. The molecule has 1 heterocycles. The van der Waals surface area contributed by atoms with Gasteiger partial charge in [-0.2, -0.15) is 0 Å². The number of carbonyl (C=O) groups excluding carboxylic acids is 3. The number of aliphatic hydroxyl groups is 1. The number of likely N-dealkylation sites (N-methyl/N-ethyl adjacent to an activating group) is 1. The zero-order chi connectivity index (χ0) is 31.1. The summed E-state index contributed by atoms with van der Waals surface area (Å²) in [5.41, 5.74) is 0.699. The molecular formula is C31H38FN5O5. The van der Waals surface area contributed by atoms with Gasteiger partial charge in [-0.3, -0.25) is 28.6 Å².